The zero-order valence-corrected chi connectivity index (χ0v) is 16.3. The minimum atomic E-state index is -0.630. The lowest BCUT2D eigenvalue weighted by Gasteiger charge is -2.15. The van der Waals surface area contributed by atoms with Crippen LogP contribution in [0.25, 0.3) is 0 Å². The number of nitrogens with one attached hydrogen (secondary N) is 2. The Kier molecular flexibility index (Phi) is 7.00. The number of para-hydroxylation sites is 1. The Bertz CT molecular complexity index is 925. The van der Waals surface area contributed by atoms with Crippen LogP contribution in [0, 0.1) is 0 Å². The number of aryl methyl sites for hydroxylation is 1. The maximum atomic E-state index is 12.3. The number of hydrogen-bond donors (Lipinski definition) is 2. The summed E-state index contributed by atoms with van der Waals surface area (Å²) in [4.78, 5) is 24.4. The number of ether oxygens (including phenoxy) is 1. The van der Waals surface area contributed by atoms with Gasteiger partial charge in [0.25, 0.3) is 5.91 Å². The number of carbonyl (C=O) groups excluding carboxylic acids is 2. The minimum Gasteiger partial charge on any atom is -0.481 e. The average Bonchev–Trinajstić information content (AvgIpc) is 2.75. The summed E-state index contributed by atoms with van der Waals surface area (Å²) in [7, 11) is 0. The molecule has 0 aliphatic rings. The molecule has 0 radical (unpaired) electrons. The molecule has 29 heavy (non-hydrogen) atoms. The molecule has 1 atom stereocenters. The highest BCUT2D eigenvalue weighted by atomic mass is 16.5. The Morgan fingerprint density at radius 2 is 1.34 bits per heavy atom. The first-order valence-corrected chi connectivity index (χ1v) is 9.56. The third-order valence-electron chi connectivity index (χ3n) is 4.35. The van der Waals surface area contributed by atoms with Crippen molar-refractivity contribution in [2.24, 2.45) is 0 Å². The van der Waals surface area contributed by atoms with Gasteiger partial charge in [-0.05, 0) is 55.3 Å². The quantitative estimate of drug-likeness (QED) is 0.590. The van der Waals surface area contributed by atoms with Crippen molar-refractivity contribution in [1.29, 1.82) is 0 Å². The van der Waals surface area contributed by atoms with Crippen LogP contribution in [-0.2, 0) is 16.0 Å². The third-order valence-corrected chi connectivity index (χ3v) is 4.35. The van der Waals surface area contributed by atoms with Gasteiger partial charge in [-0.1, -0.05) is 48.5 Å². The second-order valence-corrected chi connectivity index (χ2v) is 6.67. The van der Waals surface area contributed by atoms with E-state index in [1.165, 1.54) is 0 Å². The van der Waals surface area contributed by atoms with Gasteiger partial charge in [0.2, 0.25) is 5.91 Å². The van der Waals surface area contributed by atoms with Crippen molar-refractivity contribution < 1.29 is 14.3 Å². The molecule has 3 aromatic rings. The first-order valence-electron chi connectivity index (χ1n) is 9.56. The van der Waals surface area contributed by atoms with E-state index in [4.69, 9.17) is 4.74 Å². The van der Waals surface area contributed by atoms with Crippen LogP contribution in [-0.4, -0.2) is 17.9 Å². The molecule has 3 rings (SSSR count). The highest BCUT2D eigenvalue weighted by molar-refractivity contribution is 5.95. The van der Waals surface area contributed by atoms with Crippen molar-refractivity contribution in [3.05, 3.63) is 90.5 Å². The van der Waals surface area contributed by atoms with E-state index < -0.39 is 6.10 Å². The summed E-state index contributed by atoms with van der Waals surface area (Å²) >= 11 is 0. The molecule has 0 fully saturated rings. The minimum absolute atomic E-state index is 0.0458. The van der Waals surface area contributed by atoms with Gasteiger partial charge < -0.3 is 15.4 Å². The van der Waals surface area contributed by atoms with E-state index in [9.17, 15) is 9.59 Å². The van der Waals surface area contributed by atoms with Gasteiger partial charge in [0.1, 0.15) is 5.75 Å². The molecule has 0 bridgehead atoms. The van der Waals surface area contributed by atoms with Gasteiger partial charge in [-0.15, -0.1) is 0 Å². The monoisotopic (exact) mass is 388 g/mol. The fourth-order valence-electron chi connectivity index (χ4n) is 2.76. The van der Waals surface area contributed by atoms with Crippen LogP contribution in [0.4, 0.5) is 11.4 Å². The molecule has 0 spiro atoms. The molecule has 3 aromatic carbocycles. The lowest BCUT2D eigenvalue weighted by Crippen LogP contribution is -2.30. The SMILES string of the molecule is CC(Oc1ccccc1)C(=O)Nc1ccc(NC(=O)CCc2ccccc2)cc1. The van der Waals surface area contributed by atoms with Crippen LogP contribution in [0.3, 0.4) is 0 Å². The van der Waals surface area contributed by atoms with Crippen molar-refractivity contribution in [3.63, 3.8) is 0 Å². The van der Waals surface area contributed by atoms with Gasteiger partial charge >= 0.3 is 0 Å². The van der Waals surface area contributed by atoms with Crippen molar-refractivity contribution in [2.75, 3.05) is 10.6 Å². The average molecular weight is 388 g/mol. The van der Waals surface area contributed by atoms with Crippen LogP contribution < -0.4 is 15.4 Å². The molecule has 0 heterocycles. The second-order valence-electron chi connectivity index (χ2n) is 6.67. The Labute approximate surface area is 170 Å². The Hall–Kier alpha value is -3.60. The highest BCUT2D eigenvalue weighted by Crippen LogP contribution is 2.16. The smallest absolute Gasteiger partial charge is 0.265 e. The molecule has 0 saturated carbocycles. The molecule has 1 unspecified atom stereocenters. The largest absolute Gasteiger partial charge is 0.481 e. The molecule has 0 aliphatic carbocycles. The molecule has 0 aliphatic heterocycles. The van der Waals surface area contributed by atoms with Gasteiger partial charge in [0.05, 0.1) is 0 Å². The van der Waals surface area contributed by atoms with Crippen molar-refractivity contribution in [2.45, 2.75) is 25.9 Å². The highest BCUT2D eigenvalue weighted by Gasteiger charge is 2.14. The number of carbonyl (C=O) groups is 2. The molecule has 5 nitrogen and oxygen atoms in total. The molecule has 148 valence electrons. The fraction of sp³-hybridized carbons (Fsp3) is 0.167. The van der Waals surface area contributed by atoms with Gasteiger partial charge in [-0.2, -0.15) is 0 Å². The van der Waals surface area contributed by atoms with Gasteiger partial charge in [0.15, 0.2) is 6.10 Å². The lowest BCUT2D eigenvalue weighted by molar-refractivity contribution is -0.122. The van der Waals surface area contributed by atoms with Gasteiger partial charge in [0, 0.05) is 17.8 Å². The van der Waals surface area contributed by atoms with Crippen molar-refractivity contribution in [3.8, 4) is 5.75 Å². The van der Waals surface area contributed by atoms with Crippen LogP contribution >= 0.6 is 0 Å². The molecule has 2 amide bonds. The summed E-state index contributed by atoms with van der Waals surface area (Å²) in [5.41, 5.74) is 2.46. The van der Waals surface area contributed by atoms with Crippen molar-refractivity contribution >= 4 is 23.2 Å². The molecule has 0 saturated heterocycles. The van der Waals surface area contributed by atoms with Crippen LogP contribution in [0.2, 0.25) is 0 Å². The normalized spacial score (nSPS) is 11.3. The maximum absolute atomic E-state index is 12.3. The predicted molar refractivity (Wildman–Crippen MR) is 115 cm³/mol. The topological polar surface area (TPSA) is 67.4 Å². The fourth-order valence-corrected chi connectivity index (χ4v) is 2.76. The van der Waals surface area contributed by atoms with Crippen molar-refractivity contribution in [1.82, 2.24) is 0 Å². The molecular weight excluding hydrogens is 364 g/mol. The van der Waals surface area contributed by atoms with E-state index >= 15 is 0 Å². The molecule has 0 aromatic heterocycles. The molecule has 2 N–H and O–H groups in total. The first kappa shape index (κ1) is 20.1. The van der Waals surface area contributed by atoms with Crippen LogP contribution in [0.1, 0.15) is 18.9 Å². The number of amides is 2. The van der Waals surface area contributed by atoms with Gasteiger partial charge in [-0.3, -0.25) is 9.59 Å². The summed E-state index contributed by atoms with van der Waals surface area (Å²) in [6.45, 7) is 1.70. The summed E-state index contributed by atoms with van der Waals surface area (Å²) in [6.07, 6.45) is 0.478. The summed E-state index contributed by atoms with van der Waals surface area (Å²) in [5.74, 6) is 0.354. The number of benzene rings is 3. The summed E-state index contributed by atoms with van der Waals surface area (Å²) in [6, 6.07) is 26.1. The maximum Gasteiger partial charge on any atom is 0.265 e. The first-order chi connectivity index (χ1) is 14.1. The molecule has 5 heteroatoms. The third kappa shape index (κ3) is 6.50. The number of hydrogen-bond acceptors (Lipinski definition) is 3. The Balaban J connectivity index is 1.46. The number of rotatable bonds is 8. The summed E-state index contributed by atoms with van der Waals surface area (Å²) in [5, 5.41) is 5.68. The summed E-state index contributed by atoms with van der Waals surface area (Å²) < 4.78 is 5.62. The second kappa shape index (κ2) is 10.1. The standard InChI is InChI=1S/C24H24N2O3/c1-18(29-22-10-6-3-7-11-22)24(28)26-21-15-13-20(14-16-21)25-23(27)17-12-19-8-4-2-5-9-19/h2-11,13-16,18H,12,17H2,1H3,(H,25,27)(H,26,28). The Morgan fingerprint density at radius 3 is 1.97 bits per heavy atom. The zero-order valence-electron chi connectivity index (χ0n) is 16.3. The van der Waals surface area contributed by atoms with E-state index in [0.717, 1.165) is 5.56 Å². The van der Waals surface area contributed by atoms with Crippen LogP contribution in [0.5, 0.6) is 5.75 Å². The van der Waals surface area contributed by atoms with Crippen LogP contribution in [0.15, 0.2) is 84.9 Å². The van der Waals surface area contributed by atoms with E-state index in [0.29, 0.717) is 30.0 Å². The van der Waals surface area contributed by atoms with E-state index in [-0.39, 0.29) is 11.8 Å². The van der Waals surface area contributed by atoms with E-state index in [2.05, 4.69) is 10.6 Å². The lowest BCUT2D eigenvalue weighted by atomic mass is 10.1. The zero-order chi connectivity index (χ0) is 20.5. The predicted octanol–water partition coefficient (Wildman–Crippen LogP) is 4.66. The molecular formula is C24H24N2O3. The van der Waals surface area contributed by atoms with E-state index in [1.54, 1.807) is 43.3 Å². The Morgan fingerprint density at radius 1 is 0.793 bits per heavy atom. The number of anilines is 2. The van der Waals surface area contributed by atoms with Gasteiger partial charge in [-0.25, -0.2) is 0 Å². The van der Waals surface area contributed by atoms with E-state index in [1.807, 2.05) is 48.5 Å².